The Morgan fingerprint density at radius 1 is 1.26 bits per heavy atom. The highest BCUT2D eigenvalue weighted by Crippen LogP contribution is 2.28. The summed E-state index contributed by atoms with van der Waals surface area (Å²) in [6, 6.07) is 5.20. The largest absolute Gasteiger partial charge is 0.316 e. The maximum atomic E-state index is 13.8. The third-order valence-electron chi connectivity index (χ3n) is 4.29. The first-order valence-corrected chi connectivity index (χ1v) is 7.69. The molecule has 1 aliphatic rings. The quantitative estimate of drug-likeness (QED) is 0.798. The molecular formula is C16H23ClFN. The van der Waals surface area contributed by atoms with Crippen LogP contribution >= 0.6 is 11.6 Å². The lowest BCUT2D eigenvalue weighted by Crippen LogP contribution is -2.35. The molecule has 19 heavy (non-hydrogen) atoms. The van der Waals surface area contributed by atoms with Crippen LogP contribution in [-0.2, 0) is 6.42 Å². The molecule has 1 aliphatic carbocycles. The molecule has 0 spiro atoms. The maximum Gasteiger partial charge on any atom is 0.126 e. The van der Waals surface area contributed by atoms with Crippen molar-refractivity contribution in [1.29, 1.82) is 0 Å². The van der Waals surface area contributed by atoms with Crippen molar-refractivity contribution >= 4 is 11.6 Å². The molecule has 1 nitrogen and oxygen atoms in total. The summed E-state index contributed by atoms with van der Waals surface area (Å²) in [4.78, 5) is 0. The van der Waals surface area contributed by atoms with E-state index in [1.54, 1.807) is 12.1 Å². The Morgan fingerprint density at radius 2 is 1.95 bits per heavy atom. The average molecular weight is 284 g/mol. The van der Waals surface area contributed by atoms with E-state index < -0.39 is 0 Å². The van der Waals surface area contributed by atoms with Gasteiger partial charge < -0.3 is 5.32 Å². The Morgan fingerprint density at radius 3 is 2.58 bits per heavy atom. The molecule has 1 unspecified atom stereocenters. The van der Waals surface area contributed by atoms with Crippen LogP contribution in [0.4, 0.5) is 4.39 Å². The van der Waals surface area contributed by atoms with E-state index in [1.165, 1.54) is 44.6 Å². The van der Waals surface area contributed by atoms with Crippen LogP contribution in [-0.4, -0.2) is 13.1 Å². The zero-order valence-electron chi connectivity index (χ0n) is 11.6. The van der Waals surface area contributed by atoms with Crippen molar-refractivity contribution in [2.75, 3.05) is 7.05 Å². The highest BCUT2D eigenvalue weighted by molar-refractivity contribution is 6.30. The van der Waals surface area contributed by atoms with Gasteiger partial charge in [0.2, 0.25) is 0 Å². The molecule has 0 saturated heterocycles. The number of halogens is 2. The molecule has 0 radical (unpaired) electrons. The van der Waals surface area contributed by atoms with Gasteiger partial charge >= 0.3 is 0 Å². The molecule has 0 aromatic heterocycles. The molecule has 1 N–H and O–H groups in total. The Labute approximate surface area is 120 Å². The Bertz CT molecular complexity index is 400. The highest BCUT2D eigenvalue weighted by atomic mass is 35.5. The first-order chi connectivity index (χ1) is 9.20. The first kappa shape index (κ1) is 14.8. The molecule has 3 heteroatoms. The number of rotatable bonds is 4. The molecule has 106 valence electrons. The Kier molecular flexibility index (Phi) is 5.65. The monoisotopic (exact) mass is 283 g/mol. The average Bonchev–Trinajstić information content (AvgIpc) is 2.68. The lowest BCUT2D eigenvalue weighted by Gasteiger charge is -2.26. The van der Waals surface area contributed by atoms with Crippen molar-refractivity contribution in [3.8, 4) is 0 Å². The third-order valence-corrected chi connectivity index (χ3v) is 4.52. The molecule has 0 heterocycles. The van der Waals surface area contributed by atoms with E-state index in [1.807, 2.05) is 7.05 Å². The minimum atomic E-state index is -0.140. The van der Waals surface area contributed by atoms with Crippen LogP contribution in [0.25, 0.3) is 0 Å². The fraction of sp³-hybridized carbons (Fsp3) is 0.625. The van der Waals surface area contributed by atoms with E-state index in [4.69, 9.17) is 11.6 Å². The fourth-order valence-electron chi connectivity index (χ4n) is 3.15. The van der Waals surface area contributed by atoms with Gasteiger partial charge in [-0.25, -0.2) is 4.39 Å². The predicted octanol–water partition coefficient (Wildman–Crippen LogP) is 4.58. The summed E-state index contributed by atoms with van der Waals surface area (Å²) < 4.78 is 13.8. The van der Waals surface area contributed by atoms with Gasteiger partial charge in [-0.15, -0.1) is 0 Å². The van der Waals surface area contributed by atoms with Gasteiger partial charge in [0.1, 0.15) is 5.82 Å². The van der Waals surface area contributed by atoms with Crippen molar-refractivity contribution < 1.29 is 4.39 Å². The summed E-state index contributed by atoms with van der Waals surface area (Å²) in [6.07, 6.45) is 8.55. The number of likely N-dealkylation sites (N-methyl/N-ethyl adjacent to an activating group) is 1. The number of benzene rings is 1. The minimum absolute atomic E-state index is 0.140. The van der Waals surface area contributed by atoms with Crippen molar-refractivity contribution in [2.45, 2.75) is 51.0 Å². The second-order valence-electron chi connectivity index (χ2n) is 5.59. The smallest absolute Gasteiger partial charge is 0.126 e. The maximum absolute atomic E-state index is 13.8. The van der Waals surface area contributed by atoms with Crippen LogP contribution in [0.3, 0.4) is 0 Å². The molecule has 1 fully saturated rings. The molecule has 0 aliphatic heterocycles. The van der Waals surface area contributed by atoms with E-state index in [9.17, 15) is 4.39 Å². The van der Waals surface area contributed by atoms with Gasteiger partial charge in [-0.05, 0) is 56.0 Å². The topological polar surface area (TPSA) is 12.0 Å². The molecule has 1 atom stereocenters. The molecule has 1 aromatic rings. The third kappa shape index (κ3) is 4.19. The van der Waals surface area contributed by atoms with Crippen LogP contribution in [0.1, 0.15) is 44.1 Å². The van der Waals surface area contributed by atoms with Crippen LogP contribution in [0.2, 0.25) is 5.02 Å². The zero-order chi connectivity index (χ0) is 13.7. The normalized spacial score (nSPS) is 19.1. The summed E-state index contributed by atoms with van der Waals surface area (Å²) in [5.74, 6) is 0.518. The number of hydrogen-bond donors (Lipinski definition) is 1. The molecule has 2 rings (SSSR count). The number of hydrogen-bond acceptors (Lipinski definition) is 1. The summed E-state index contributed by atoms with van der Waals surface area (Å²) >= 11 is 5.97. The van der Waals surface area contributed by atoms with Gasteiger partial charge in [-0.3, -0.25) is 0 Å². The second-order valence-corrected chi connectivity index (χ2v) is 6.02. The fourth-order valence-corrected chi connectivity index (χ4v) is 3.35. The van der Waals surface area contributed by atoms with Crippen molar-refractivity contribution in [1.82, 2.24) is 5.32 Å². The Hall–Kier alpha value is -0.600. The lowest BCUT2D eigenvalue weighted by molar-refractivity contribution is 0.330. The van der Waals surface area contributed by atoms with E-state index >= 15 is 0 Å². The number of nitrogens with one attached hydrogen (secondary N) is 1. The van der Waals surface area contributed by atoms with Crippen molar-refractivity contribution in [3.05, 3.63) is 34.6 Å². The molecule has 0 bridgehead atoms. The molecule has 0 amide bonds. The highest BCUT2D eigenvalue weighted by Gasteiger charge is 2.22. The van der Waals surface area contributed by atoms with Gasteiger partial charge in [0.05, 0.1) is 0 Å². The minimum Gasteiger partial charge on any atom is -0.316 e. The standard InChI is InChI=1S/C16H23ClFN/c1-19-16(12-6-4-2-3-5-7-12)11-13-10-14(17)8-9-15(13)18/h8-10,12,16,19H,2-7,11H2,1H3. The second kappa shape index (κ2) is 7.25. The SMILES string of the molecule is CNC(Cc1cc(Cl)ccc1F)C1CCCCCC1. The van der Waals surface area contributed by atoms with Crippen LogP contribution < -0.4 is 5.32 Å². The van der Waals surface area contributed by atoms with Gasteiger partial charge in [0.25, 0.3) is 0 Å². The van der Waals surface area contributed by atoms with Gasteiger partial charge in [-0.2, -0.15) is 0 Å². The summed E-state index contributed by atoms with van der Waals surface area (Å²) in [5, 5.41) is 4.00. The summed E-state index contributed by atoms with van der Waals surface area (Å²) in [6.45, 7) is 0. The van der Waals surface area contributed by atoms with E-state index in [-0.39, 0.29) is 5.82 Å². The van der Waals surface area contributed by atoms with E-state index in [0.717, 1.165) is 12.0 Å². The lowest BCUT2D eigenvalue weighted by atomic mass is 9.87. The van der Waals surface area contributed by atoms with Crippen LogP contribution in [0, 0.1) is 11.7 Å². The van der Waals surface area contributed by atoms with Gasteiger partial charge in [0.15, 0.2) is 0 Å². The Balaban J connectivity index is 2.07. The van der Waals surface area contributed by atoms with Crippen molar-refractivity contribution in [2.24, 2.45) is 5.92 Å². The van der Waals surface area contributed by atoms with Gasteiger partial charge in [0, 0.05) is 11.1 Å². The first-order valence-electron chi connectivity index (χ1n) is 7.32. The van der Waals surface area contributed by atoms with Crippen LogP contribution in [0.5, 0.6) is 0 Å². The van der Waals surface area contributed by atoms with Crippen molar-refractivity contribution in [3.63, 3.8) is 0 Å². The molecular weight excluding hydrogens is 261 g/mol. The zero-order valence-corrected chi connectivity index (χ0v) is 12.3. The van der Waals surface area contributed by atoms with Crippen LogP contribution in [0.15, 0.2) is 18.2 Å². The molecule has 1 aromatic carbocycles. The predicted molar refractivity (Wildman–Crippen MR) is 79.2 cm³/mol. The van der Waals surface area contributed by atoms with E-state index in [0.29, 0.717) is 17.0 Å². The summed E-state index contributed by atoms with van der Waals surface area (Å²) in [7, 11) is 1.98. The van der Waals surface area contributed by atoms with Gasteiger partial charge in [-0.1, -0.05) is 37.3 Å². The molecule has 1 saturated carbocycles. The summed E-state index contributed by atoms with van der Waals surface area (Å²) in [5.41, 5.74) is 0.732. The van der Waals surface area contributed by atoms with E-state index in [2.05, 4.69) is 5.32 Å².